The van der Waals surface area contributed by atoms with E-state index in [2.05, 4.69) is 10.3 Å². The average molecular weight is 232 g/mol. The van der Waals surface area contributed by atoms with E-state index < -0.39 is 5.92 Å². The zero-order chi connectivity index (χ0) is 10.9. The Morgan fingerprint density at radius 2 is 2.40 bits per heavy atom. The summed E-state index contributed by atoms with van der Waals surface area (Å²) in [4.78, 5) is 4.03. The van der Waals surface area contributed by atoms with E-state index >= 15 is 0 Å². The largest absolute Gasteiger partial charge is 0.316 e. The van der Waals surface area contributed by atoms with Gasteiger partial charge in [0.05, 0.1) is 5.01 Å². The Hall–Kier alpha value is -0.550. The van der Waals surface area contributed by atoms with Crippen LogP contribution in [-0.2, 0) is 5.92 Å². The molecule has 1 unspecified atom stereocenters. The average Bonchev–Trinajstić information content (AvgIpc) is 2.67. The normalized spacial score (nSPS) is 23.0. The standard InChI is InChI=1S/C10H14F2N2S/c1-10(11,12)8-6-15-9(14-8)7-3-2-4-13-5-7/h6-7,13H,2-5H2,1H3. The Morgan fingerprint density at radius 1 is 1.60 bits per heavy atom. The minimum Gasteiger partial charge on any atom is -0.316 e. The van der Waals surface area contributed by atoms with Crippen molar-refractivity contribution >= 4 is 11.3 Å². The molecule has 1 saturated heterocycles. The lowest BCUT2D eigenvalue weighted by Gasteiger charge is -2.20. The first kappa shape index (κ1) is 11.0. The van der Waals surface area contributed by atoms with E-state index in [1.165, 1.54) is 16.7 Å². The van der Waals surface area contributed by atoms with Gasteiger partial charge in [-0.25, -0.2) is 4.98 Å². The molecule has 0 aromatic carbocycles. The highest BCUT2D eigenvalue weighted by molar-refractivity contribution is 7.09. The minimum atomic E-state index is -2.81. The fourth-order valence-corrected chi connectivity index (χ4v) is 2.78. The number of hydrogen-bond acceptors (Lipinski definition) is 3. The SMILES string of the molecule is CC(F)(F)c1csc(C2CCCNC2)n1. The van der Waals surface area contributed by atoms with Crippen molar-refractivity contribution in [1.29, 1.82) is 0 Å². The van der Waals surface area contributed by atoms with Gasteiger partial charge in [-0.2, -0.15) is 8.78 Å². The van der Waals surface area contributed by atoms with E-state index in [1.807, 2.05) is 0 Å². The molecular weight excluding hydrogens is 218 g/mol. The van der Waals surface area contributed by atoms with E-state index in [0.717, 1.165) is 37.9 Å². The predicted molar refractivity (Wildman–Crippen MR) is 56.5 cm³/mol. The third-order valence-electron chi connectivity index (χ3n) is 2.62. The van der Waals surface area contributed by atoms with Gasteiger partial charge in [0, 0.05) is 24.8 Å². The lowest BCUT2D eigenvalue weighted by Crippen LogP contribution is -2.28. The maximum Gasteiger partial charge on any atom is 0.287 e. The minimum absolute atomic E-state index is 0.0897. The van der Waals surface area contributed by atoms with E-state index in [1.54, 1.807) is 0 Å². The van der Waals surface area contributed by atoms with E-state index in [0.29, 0.717) is 5.92 Å². The summed E-state index contributed by atoms with van der Waals surface area (Å²) in [6, 6.07) is 0. The second-order valence-corrected chi connectivity index (χ2v) is 4.89. The highest BCUT2D eigenvalue weighted by atomic mass is 32.1. The molecule has 15 heavy (non-hydrogen) atoms. The molecule has 0 saturated carbocycles. The van der Waals surface area contributed by atoms with Crippen molar-refractivity contribution in [3.05, 3.63) is 16.1 Å². The zero-order valence-electron chi connectivity index (χ0n) is 8.59. The van der Waals surface area contributed by atoms with Crippen LogP contribution in [0.5, 0.6) is 0 Å². The maximum atomic E-state index is 13.0. The van der Waals surface area contributed by atoms with Gasteiger partial charge in [-0.05, 0) is 19.4 Å². The molecule has 0 bridgehead atoms. The monoisotopic (exact) mass is 232 g/mol. The van der Waals surface area contributed by atoms with Gasteiger partial charge in [0.1, 0.15) is 5.69 Å². The third-order valence-corrected chi connectivity index (χ3v) is 3.63. The van der Waals surface area contributed by atoms with E-state index in [-0.39, 0.29) is 5.69 Å². The van der Waals surface area contributed by atoms with Crippen LogP contribution in [0.2, 0.25) is 0 Å². The number of alkyl halides is 2. The molecule has 1 aromatic rings. The fourth-order valence-electron chi connectivity index (χ4n) is 1.74. The molecule has 2 heterocycles. The molecule has 1 atom stereocenters. The lowest BCUT2D eigenvalue weighted by atomic mass is 10.0. The molecule has 84 valence electrons. The molecule has 1 fully saturated rings. The van der Waals surface area contributed by atoms with Gasteiger partial charge in [0.15, 0.2) is 0 Å². The molecule has 1 aliphatic rings. The zero-order valence-corrected chi connectivity index (χ0v) is 9.41. The van der Waals surface area contributed by atoms with Crippen molar-refractivity contribution in [2.24, 2.45) is 0 Å². The topological polar surface area (TPSA) is 24.9 Å². The Kier molecular flexibility index (Phi) is 3.02. The van der Waals surface area contributed by atoms with Gasteiger partial charge in [-0.15, -0.1) is 11.3 Å². The summed E-state index contributed by atoms with van der Waals surface area (Å²) in [6.07, 6.45) is 2.15. The number of rotatable bonds is 2. The quantitative estimate of drug-likeness (QED) is 0.848. The molecule has 0 aliphatic carbocycles. The van der Waals surface area contributed by atoms with Gasteiger partial charge in [0.2, 0.25) is 0 Å². The van der Waals surface area contributed by atoms with Crippen LogP contribution in [0, 0.1) is 0 Å². The molecule has 1 aromatic heterocycles. The molecule has 0 radical (unpaired) electrons. The molecule has 2 nitrogen and oxygen atoms in total. The van der Waals surface area contributed by atoms with E-state index in [9.17, 15) is 8.78 Å². The number of nitrogens with one attached hydrogen (secondary N) is 1. The smallest absolute Gasteiger partial charge is 0.287 e. The van der Waals surface area contributed by atoms with Crippen LogP contribution in [0.3, 0.4) is 0 Å². The van der Waals surface area contributed by atoms with Gasteiger partial charge in [-0.3, -0.25) is 0 Å². The van der Waals surface area contributed by atoms with Crippen molar-refractivity contribution in [3.8, 4) is 0 Å². The molecule has 2 rings (SSSR count). The number of halogens is 2. The molecular formula is C10H14F2N2S. The highest BCUT2D eigenvalue weighted by Crippen LogP contribution is 2.32. The molecule has 1 N–H and O–H groups in total. The van der Waals surface area contributed by atoms with Gasteiger partial charge < -0.3 is 5.32 Å². The number of thiazole rings is 1. The summed E-state index contributed by atoms with van der Waals surface area (Å²) in [5, 5.41) is 5.58. The van der Waals surface area contributed by atoms with E-state index in [4.69, 9.17) is 0 Å². The fraction of sp³-hybridized carbons (Fsp3) is 0.700. The van der Waals surface area contributed by atoms with Gasteiger partial charge >= 0.3 is 0 Å². The summed E-state index contributed by atoms with van der Waals surface area (Å²) in [5.41, 5.74) is -0.0897. The van der Waals surface area contributed by atoms with Crippen LogP contribution < -0.4 is 5.32 Å². The summed E-state index contributed by atoms with van der Waals surface area (Å²) in [7, 11) is 0. The van der Waals surface area contributed by atoms with Crippen LogP contribution in [-0.4, -0.2) is 18.1 Å². The molecule has 5 heteroatoms. The first-order chi connectivity index (χ1) is 7.07. The molecule has 0 amide bonds. The third kappa shape index (κ3) is 2.52. The second-order valence-electron chi connectivity index (χ2n) is 4.00. The summed E-state index contributed by atoms with van der Waals surface area (Å²) < 4.78 is 25.9. The number of hydrogen-bond donors (Lipinski definition) is 1. The van der Waals surface area contributed by atoms with Gasteiger partial charge in [-0.1, -0.05) is 0 Å². The highest BCUT2D eigenvalue weighted by Gasteiger charge is 2.29. The van der Waals surface area contributed by atoms with Crippen LogP contribution >= 0.6 is 11.3 Å². The van der Waals surface area contributed by atoms with Crippen molar-refractivity contribution in [2.75, 3.05) is 13.1 Å². The van der Waals surface area contributed by atoms with Crippen molar-refractivity contribution in [2.45, 2.75) is 31.6 Å². The summed E-state index contributed by atoms with van der Waals surface area (Å²) >= 11 is 1.35. The Labute approximate surface area is 91.7 Å². The number of piperidine rings is 1. The first-order valence-electron chi connectivity index (χ1n) is 5.12. The molecule has 1 aliphatic heterocycles. The maximum absolute atomic E-state index is 13.0. The lowest BCUT2D eigenvalue weighted by molar-refractivity contribution is 0.0132. The van der Waals surface area contributed by atoms with Crippen LogP contribution in [0.4, 0.5) is 8.78 Å². The van der Waals surface area contributed by atoms with Crippen molar-refractivity contribution in [3.63, 3.8) is 0 Å². The Bertz CT molecular complexity index is 326. The number of aromatic nitrogens is 1. The Morgan fingerprint density at radius 3 is 2.93 bits per heavy atom. The Balaban J connectivity index is 2.12. The first-order valence-corrected chi connectivity index (χ1v) is 6.00. The van der Waals surface area contributed by atoms with Crippen LogP contribution in [0.15, 0.2) is 5.38 Å². The second kappa shape index (κ2) is 4.14. The van der Waals surface area contributed by atoms with Crippen molar-refractivity contribution < 1.29 is 8.78 Å². The summed E-state index contributed by atoms with van der Waals surface area (Å²) in [5.74, 6) is -2.49. The number of nitrogens with zero attached hydrogens (tertiary/aromatic N) is 1. The molecule has 0 spiro atoms. The van der Waals surface area contributed by atoms with Gasteiger partial charge in [0.25, 0.3) is 5.92 Å². The van der Waals surface area contributed by atoms with Crippen LogP contribution in [0.1, 0.15) is 36.4 Å². The predicted octanol–water partition coefficient (Wildman–Crippen LogP) is 2.72. The van der Waals surface area contributed by atoms with Crippen molar-refractivity contribution in [1.82, 2.24) is 10.3 Å². The summed E-state index contributed by atoms with van der Waals surface area (Å²) in [6.45, 7) is 2.78. The van der Waals surface area contributed by atoms with Crippen LogP contribution in [0.25, 0.3) is 0 Å².